The lowest BCUT2D eigenvalue weighted by molar-refractivity contribution is -0.161. The number of benzene rings is 1. The smallest absolute Gasteiger partial charge is 0.352 e. The monoisotopic (exact) mass is 300 g/mol. The van der Waals surface area contributed by atoms with E-state index in [9.17, 15) is 18.0 Å². The van der Waals surface area contributed by atoms with Crippen LogP contribution in [0.2, 0.25) is 0 Å². The minimum Gasteiger partial charge on any atom is -0.352 e. The standard InChI is InChI=1S/C15H19F3N2O/c1-10(11-5-3-2-4-6-11)14(21)20-12-7-8-13(19-9-12)15(16,17)18/h2-6,10,12-13,19H,7-9H2,1H3,(H,20,21). The molecule has 0 bridgehead atoms. The summed E-state index contributed by atoms with van der Waals surface area (Å²) in [6, 6.07) is 7.60. The molecule has 0 saturated carbocycles. The molecule has 0 radical (unpaired) electrons. The van der Waals surface area contributed by atoms with E-state index in [0.717, 1.165) is 5.56 Å². The Bertz CT molecular complexity index is 468. The van der Waals surface area contributed by atoms with E-state index in [1.54, 1.807) is 6.92 Å². The Balaban J connectivity index is 1.85. The number of hydrogen-bond donors (Lipinski definition) is 2. The van der Waals surface area contributed by atoms with E-state index in [0.29, 0.717) is 6.42 Å². The molecule has 6 heteroatoms. The molecule has 3 unspecified atom stereocenters. The van der Waals surface area contributed by atoms with Crippen LogP contribution in [0.25, 0.3) is 0 Å². The molecule has 1 amide bonds. The maximum absolute atomic E-state index is 12.5. The molecule has 1 saturated heterocycles. The minimum atomic E-state index is -4.22. The van der Waals surface area contributed by atoms with Crippen LogP contribution in [-0.4, -0.2) is 30.7 Å². The first kappa shape index (κ1) is 15.8. The molecular weight excluding hydrogens is 281 g/mol. The Morgan fingerprint density at radius 1 is 1.29 bits per heavy atom. The van der Waals surface area contributed by atoms with E-state index in [-0.39, 0.29) is 30.8 Å². The Hall–Kier alpha value is -1.56. The fourth-order valence-corrected chi connectivity index (χ4v) is 2.48. The van der Waals surface area contributed by atoms with Gasteiger partial charge in [0.15, 0.2) is 0 Å². The van der Waals surface area contributed by atoms with E-state index in [2.05, 4.69) is 10.6 Å². The highest BCUT2D eigenvalue weighted by Crippen LogP contribution is 2.26. The van der Waals surface area contributed by atoms with Gasteiger partial charge < -0.3 is 10.6 Å². The molecule has 116 valence electrons. The highest BCUT2D eigenvalue weighted by molar-refractivity contribution is 5.83. The van der Waals surface area contributed by atoms with Crippen molar-refractivity contribution >= 4 is 5.91 Å². The average molecular weight is 300 g/mol. The van der Waals surface area contributed by atoms with Crippen molar-refractivity contribution in [2.24, 2.45) is 0 Å². The molecule has 0 aliphatic carbocycles. The van der Waals surface area contributed by atoms with Crippen molar-refractivity contribution in [3.63, 3.8) is 0 Å². The van der Waals surface area contributed by atoms with Crippen LogP contribution in [0.5, 0.6) is 0 Å². The quantitative estimate of drug-likeness (QED) is 0.901. The lowest BCUT2D eigenvalue weighted by Crippen LogP contribution is -2.54. The predicted octanol–water partition coefficient (Wildman–Crippen LogP) is 2.59. The van der Waals surface area contributed by atoms with Gasteiger partial charge in [0.1, 0.15) is 6.04 Å². The third kappa shape index (κ3) is 4.20. The lowest BCUT2D eigenvalue weighted by atomic mass is 9.97. The molecule has 21 heavy (non-hydrogen) atoms. The van der Waals surface area contributed by atoms with Gasteiger partial charge in [0.25, 0.3) is 0 Å². The molecule has 3 atom stereocenters. The number of hydrogen-bond acceptors (Lipinski definition) is 2. The summed E-state index contributed by atoms with van der Waals surface area (Å²) in [6.07, 6.45) is -3.88. The summed E-state index contributed by atoms with van der Waals surface area (Å²) in [4.78, 5) is 12.1. The van der Waals surface area contributed by atoms with E-state index in [1.165, 1.54) is 0 Å². The van der Waals surface area contributed by atoms with Crippen molar-refractivity contribution in [3.05, 3.63) is 35.9 Å². The van der Waals surface area contributed by atoms with Gasteiger partial charge in [0.05, 0.1) is 5.92 Å². The molecule has 2 N–H and O–H groups in total. The number of carbonyl (C=O) groups excluding carboxylic acids is 1. The molecule has 0 aromatic heterocycles. The van der Waals surface area contributed by atoms with Gasteiger partial charge in [-0.2, -0.15) is 13.2 Å². The average Bonchev–Trinajstić information content (AvgIpc) is 2.47. The van der Waals surface area contributed by atoms with E-state index in [4.69, 9.17) is 0 Å². The zero-order valence-electron chi connectivity index (χ0n) is 11.8. The lowest BCUT2D eigenvalue weighted by Gasteiger charge is -2.32. The maximum Gasteiger partial charge on any atom is 0.403 e. The number of piperidine rings is 1. The minimum absolute atomic E-state index is 0.00579. The van der Waals surface area contributed by atoms with Crippen LogP contribution in [0.4, 0.5) is 13.2 Å². The summed E-state index contributed by atoms with van der Waals surface area (Å²) < 4.78 is 37.6. The van der Waals surface area contributed by atoms with Crippen LogP contribution in [0, 0.1) is 0 Å². The fourth-order valence-electron chi connectivity index (χ4n) is 2.48. The SMILES string of the molecule is CC(C(=O)NC1CCC(C(F)(F)F)NC1)c1ccccc1. The van der Waals surface area contributed by atoms with Gasteiger partial charge >= 0.3 is 6.18 Å². The largest absolute Gasteiger partial charge is 0.403 e. The Morgan fingerprint density at radius 3 is 2.48 bits per heavy atom. The van der Waals surface area contributed by atoms with Gasteiger partial charge in [0.2, 0.25) is 5.91 Å². The van der Waals surface area contributed by atoms with Crippen molar-refractivity contribution in [3.8, 4) is 0 Å². The molecule has 1 aliphatic rings. The van der Waals surface area contributed by atoms with Crippen molar-refractivity contribution in [1.29, 1.82) is 0 Å². The molecule has 0 spiro atoms. The summed E-state index contributed by atoms with van der Waals surface area (Å²) >= 11 is 0. The van der Waals surface area contributed by atoms with E-state index < -0.39 is 12.2 Å². The molecule has 1 aromatic rings. The molecular formula is C15H19F3N2O. The summed E-state index contributed by atoms with van der Waals surface area (Å²) in [5.41, 5.74) is 0.895. The van der Waals surface area contributed by atoms with Gasteiger partial charge in [-0.1, -0.05) is 30.3 Å². The molecule has 2 rings (SSSR count). The second-order valence-electron chi connectivity index (χ2n) is 5.42. The summed E-state index contributed by atoms with van der Waals surface area (Å²) in [5.74, 6) is -0.468. The van der Waals surface area contributed by atoms with E-state index >= 15 is 0 Å². The van der Waals surface area contributed by atoms with Crippen LogP contribution in [0.15, 0.2) is 30.3 Å². The van der Waals surface area contributed by atoms with Crippen LogP contribution >= 0.6 is 0 Å². The van der Waals surface area contributed by atoms with Crippen molar-refractivity contribution in [2.75, 3.05) is 6.54 Å². The maximum atomic E-state index is 12.5. The Labute approximate surface area is 121 Å². The topological polar surface area (TPSA) is 41.1 Å². The summed E-state index contributed by atoms with van der Waals surface area (Å²) in [7, 11) is 0. The highest BCUT2D eigenvalue weighted by Gasteiger charge is 2.41. The zero-order valence-corrected chi connectivity index (χ0v) is 11.8. The number of halogens is 3. The van der Waals surface area contributed by atoms with Gasteiger partial charge in [-0.25, -0.2) is 0 Å². The number of rotatable bonds is 3. The predicted molar refractivity (Wildman–Crippen MR) is 73.9 cm³/mol. The molecule has 1 aromatic carbocycles. The second kappa shape index (κ2) is 6.47. The van der Waals surface area contributed by atoms with Crippen LogP contribution in [0.3, 0.4) is 0 Å². The number of alkyl halides is 3. The molecule has 1 fully saturated rings. The number of nitrogens with one attached hydrogen (secondary N) is 2. The summed E-state index contributed by atoms with van der Waals surface area (Å²) in [6.45, 7) is 1.94. The second-order valence-corrected chi connectivity index (χ2v) is 5.42. The van der Waals surface area contributed by atoms with Crippen LogP contribution in [-0.2, 0) is 4.79 Å². The molecule has 1 aliphatic heterocycles. The molecule has 1 heterocycles. The van der Waals surface area contributed by atoms with Crippen LogP contribution in [0.1, 0.15) is 31.2 Å². The van der Waals surface area contributed by atoms with Gasteiger partial charge in [0, 0.05) is 12.6 Å². The van der Waals surface area contributed by atoms with E-state index in [1.807, 2.05) is 30.3 Å². The number of carbonyl (C=O) groups is 1. The van der Waals surface area contributed by atoms with Gasteiger partial charge in [-0.15, -0.1) is 0 Å². The Kier molecular flexibility index (Phi) is 4.88. The van der Waals surface area contributed by atoms with Gasteiger partial charge in [-0.3, -0.25) is 4.79 Å². The first-order valence-corrected chi connectivity index (χ1v) is 7.03. The van der Waals surface area contributed by atoms with Crippen molar-refractivity contribution < 1.29 is 18.0 Å². The third-order valence-electron chi connectivity index (χ3n) is 3.85. The van der Waals surface area contributed by atoms with Gasteiger partial charge in [-0.05, 0) is 25.3 Å². The highest BCUT2D eigenvalue weighted by atomic mass is 19.4. The normalized spacial score (nSPS) is 24.4. The first-order valence-electron chi connectivity index (χ1n) is 7.03. The van der Waals surface area contributed by atoms with Crippen LogP contribution < -0.4 is 10.6 Å². The Morgan fingerprint density at radius 2 is 1.95 bits per heavy atom. The third-order valence-corrected chi connectivity index (χ3v) is 3.85. The molecule has 3 nitrogen and oxygen atoms in total. The number of amides is 1. The van der Waals surface area contributed by atoms with Crippen molar-refractivity contribution in [1.82, 2.24) is 10.6 Å². The summed E-state index contributed by atoms with van der Waals surface area (Å²) in [5, 5.41) is 5.27. The first-order chi connectivity index (χ1) is 9.88. The fraction of sp³-hybridized carbons (Fsp3) is 0.533. The van der Waals surface area contributed by atoms with Crippen molar-refractivity contribution in [2.45, 2.75) is 43.9 Å². The zero-order chi connectivity index (χ0) is 15.5.